The first-order chi connectivity index (χ1) is 11.1. The smallest absolute Gasteiger partial charge is 0.225 e. The van der Waals surface area contributed by atoms with E-state index in [2.05, 4.69) is 0 Å². The molecule has 23 heavy (non-hydrogen) atoms. The Morgan fingerprint density at radius 3 is 2.04 bits per heavy atom. The Balaban J connectivity index is 1.88. The van der Waals surface area contributed by atoms with E-state index in [1.165, 1.54) is 12.8 Å². The number of rotatable bonds is 5. The maximum atomic E-state index is 12.7. The maximum Gasteiger partial charge on any atom is 0.225 e. The third-order valence-electron chi connectivity index (χ3n) is 5.14. The summed E-state index contributed by atoms with van der Waals surface area (Å²) in [5.41, 5.74) is 0. The van der Waals surface area contributed by atoms with Crippen LogP contribution in [-0.4, -0.2) is 61.0 Å². The molecule has 0 bridgehead atoms. The van der Waals surface area contributed by atoms with Crippen molar-refractivity contribution < 1.29 is 14.3 Å². The van der Waals surface area contributed by atoms with Crippen LogP contribution in [0.25, 0.3) is 0 Å². The molecule has 0 aromatic heterocycles. The summed E-state index contributed by atoms with van der Waals surface area (Å²) in [7, 11) is 0. The van der Waals surface area contributed by atoms with Crippen LogP contribution in [0.4, 0.5) is 0 Å². The summed E-state index contributed by atoms with van der Waals surface area (Å²) in [6.45, 7) is 8.44. The van der Waals surface area contributed by atoms with E-state index in [9.17, 15) is 9.59 Å². The predicted octanol–water partition coefficient (Wildman–Crippen LogP) is 2.30. The fourth-order valence-electron chi connectivity index (χ4n) is 3.61. The van der Waals surface area contributed by atoms with Gasteiger partial charge < -0.3 is 14.5 Å². The lowest BCUT2D eigenvalue weighted by Crippen LogP contribution is -2.44. The molecule has 0 spiro atoms. The fourth-order valence-corrected chi connectivity index (χ4v) is 3.61. The zero-order valence-corrected chi connectivity index (χ0v) is 14.8. The predicted molar refractivity (Wildman–Crippen MR) is 90.0 cm³/mol. The molecule has 0 saturated carbocycles. The standard InChI is InChI=1S/C18H32N2O3/c1-3-16(18(22)20-10-12-23-13-11-20)14-15(2)17(21)19-8-6-4-5-7-9-19/h15-16H,3-14H2,1-2H3. The number of carbonyl (C=O) groups excluding carboxylic acids is 2. The third kappa shape index (κ3) is 5.20. The van der Waals surface area contributed by atoms with Crippen molar-refractivity contribution in [3.8, 4) is 0 Å². The Hall–Kier alpha value is -1.10. The van der Waals surface area contributed by atoms with E-state index in [1.54, 1.807) is 0 Å². The molecule has 5 nitrogen and oxygen atoms in total. The van der Waals surface area contributed by atoms with Gasteiger partial charge in [-0.05, 0) is 25.7 Å². The van der Waals surface area contributed by atoms with Crippen LogP contribution in [0.2, 0.25) is 0 Å². The van der Waals surface area contributed by atoms with Gasteiger partial charge in [0, 0.05) is 38.0 Å². The Morgan fingerprint density at radius 1 is 0.913 bits per heavy atom. The number of likely N-dealkylation sites (tertiary alicyclic amines) is 1. The van der Waals surface area contributed by atoms with E-state index in [0.29, 0.717) is 32.7 Å². The van der Waals surface area contributed by atoms with E-state index in [4.69, 9.17) is 4.74 Å². The van der Waals surface area contributed by atoms with Crippen LogP contribution >= 0.6 is 0 Å². The number of nitrogens with zero attached hydrogens (tertiary/aromatic N) is 2. The normalized spacial score (nSPS) is 22.3. The van der Waals surface area contributed by atoms with Crippen molar-refractivity contribution in [3.05, 3.63) is 0 Å². The van der Waals surface area contributed by atoms with Gasteiger partial charge >= 0.3 is 0 Å². The summed E-state index contributed by atoms with van der Waals surface area (Å²) in [4.78, 5) is 29.3. The molecule has 132 valence electrons. The molecule has 2 aliphatic heterocycles. The molecule has 2 unspecified atom stereocenters. The van der Waals surface area contributed by atoms with Gasteiger partial charge in [-0.15, -0.1) is 0 Å². The number of hydrogen-bond donors (Lipinski definition) is 0. The molecule has 0 N–H and O–H groups in total. The molecule has 2 saturated heterocycles. The van der Waals surface area contributed by atoms with Gasteiger partial charge in [0.1, 0.15) is 0 Å². The summed E-state index contributed by atoms with van der Waals surface area (Å²) in [6, 6.07) is 0. The number of carbonyl (C=O) groups is 2. The van der Waals surface area contributed by atoms with Gasteiger partial charge in [-0.3, -0.25) is 9.59 Å². The van der Waals surface area contributed by atoms with Gasteiger partial charge in [0.15, 0.2) is 0 Å². The lowest BCUT2D eigenvalue weighted by molar-refractivity contribution is -0.142. The average molecular weight is 324 g/mol. The van der Waals surface area contributed by atoms with Gasteiger partial charge in [-0.2, -0.15) is 0 Å². The zero-order chi connectivity index (χ0) is 16.7. The fraction of sp³-hybridized carbons (Fsp3) is 0.889. The molecule has 0 radical (unpaired) electrons. The first-order valence-corrected chi connectivity index (χ1v) is 9.28. The molecule has 5 heteroatoms. The van der Waals surface area contributed by atoms with Gasteiger partial charge in [0.05, 0.1) is 13.2 Å². The van der Waals surface area contributed by atoms with Crippen molar-refractivity contribution in [2.45, 2.75) is 52.4 Å². The second-order valence-corrected chi connectivity index (χ2v) is 6.92. The minimum absolute atomic E-state index is 0.0426. The number of ether oxygens (including phenoxy) is 1. The van der Waals surface area contributed by atoms with Gasteiger partial charge in [-0.1, -0.05) is 26.7 Å². The van der Waals surface area contributed by atoms with Crippen LogP contribution in [0, 0.1) is 11.8 Å². The van der Waals surface area contributed by atoms with E-state index < -0.39 is 0 Å². The first-order valence-electron chi connectivity index (χ1n) is 9.28. The number of morpholine rings is 1. The summed E-state index contributed by atoms with van der Waals surface area (Å²) in [5.74, 6) is 0.327. The van der Waals surface area contributed by atoms with Crippen LogP contribution in [0.15, 0.2) is 0 Å². The molecule has 2 heterocycles. The summed E-state index contributed by atoms with van der Waals surface area (Å²) in [5, 5.41) is 0. The molecular formula is C18H32N2O3. The summed E-state index contributed by atoms with van der Waals surface area (Å²) in [6.07, 6.45) is 6.15. The topological polar surface area (TPSA) is 49.9 Å². The van der Waals surface area contributed by atoms with E-state index in [0.717, 1.165) is 32.4 Å². The Bertz CT molecular complexity index is 386. The number of hydrogen-bond acceptors (Lipinski definition) is 3. The Labute approximate surface area is 140 Å². The Kier molecular flexibility index (Phi) is 7.34. The minimum Gasteiger partial charge on any atom is -0.378 e. The highest BCUT2D eigenvalue weighted by Gasteiger charge is 2.29. The third-order valence-corrected chi connectivity index (χ3v) is 5.14. The summed E-state index contributed by atoms with van der Waals surface area (Å²) < 4.78 is 5.32. The first kappa shape index (κ1) is 18.2. The zero-order valence-electron chi connectivity index (χ0n) is 14.8. The highest BCUT2D eigenvalue weighted by Crippen LogP contribution is 2.22. The number of amides is 2. The van der Waals surface area contributed by atoms with E-state index >= 15 is 0 Å². The van der Waals surface area contributed by atoms with Crippen molar-refractivity contribution in [1.29, 1.82) is 0 Å². The van der Waals surface area contributed by atoms with Gasteiger partial charge in [0.25, 0.3) is 0 Å². The van der Waals surface area contributed by atoms with E-state index in [-0.39, 0.29) is 23.7 Å². The van der Waals surface area contributed by atoms with Crippen molar-refractivity contribution in [2.75, 3.05) is 39.4 Å². The monoisotopic (exact) mass is 324 g/mol. The average Bonchev–Trinajstić information content (AvgIpc) is 2.88. The molecule has 0 aromatic rings. The maximum absolute atomic E-state index is 12.7. The molecule has 2 atom stereocenters. The minimum atomic E-state index is -0.0666. The van der Waals surface area contributed by atoms with E-state index in [1.807, 2.05) is 23.6 Å². The second kappa shape index (κ2) is 9.26. The lowest BCUT2D eigenvalue weighted by atomic mass is 9.91. The molecule has 2 amide bonds. The second-order valence-electron chi connectivity index (χ2n) is 6.92. The van der Waals surface area contributed by atoms with Crippen LogP contribution in [0.3, 0.4) is 0 Å². The quantitative estimate of drug-likeness (QED) is 0.780. The van der Waals surface area contributed by atoms with Crippen LogP contribution in [0.1, 0.15) is 52.4 Å². The van der Waals surface area contributed by atoms with Crippen molar-refractivity contribution in [3.63, 3.8) is 0 Å². The molecule has 2 rings (SSSR count). The molecular weight excluding hydrogens is 292 g/mol. The SMILES string of the molecule is CCC(CC(C)C(=O)N1CCCCCC1)C(=O)N1CCOCC1. The molecule has 0 aliphatic carbocycles. The molecule has 0 aromatic carbocycles. The van der Waals surface area contributed by atoms with Crippen LogP contribution in [0.5, 0.6) is 0 Å². The van der Waals surface area contributed by atoms with Crippen LogP contribution in [-0.2, 0) is 14.3 Å². The van der Waals surface area contributed by atoms with Crippen LogP contribution < -0.4 is 0 Å². The molecule has 2 fully saturated rings. The summed E-state index contributed by atoms with van der Waals surface area (Å²) >= 11 is 0. The van der Waals surface area contributed by atoms with Gasteiger partial charge in [0.2, 0.25) is 11.8 Å². The van der Waals surface area contributed by atoms with Crippen molar-refractivity contribution in [2.24, 2.45) is 11.8 Å². The highest BCUT2D eigenvalue weighted by atomic mass is 16.5. The highest BCUT2D eigenvalue weighted by molar-refractivity contribution is 5.82. The molecule has 2 aliphatic rings. The van der Waals surface area contributed by atoms with Crippen molar-refractivity contribution >= 4 is 11.8 Å². The van der Waals surface area contributed by atoms with Gasteiger partial charge in [-0.25, -0.2) is 0 Å². The largest absolute Gasteiger partial charge is 0.378 e. The Morgan fingerprint density at radius 2 is 1.48 bits per heavy atom. The lowest BCUT2D eigenvalue weighted by Gasteiger charge is -2.31. The van der Waals surface area contributed by atoms with Crippen molar-refractivity contribution in [1.82, 2.24) is 9.80 Å².